The molecule has 2 aromatic rings. The van der Waals surface area contributed by atoms with Crippen LogP contribution in [0.15, 0.2) is 48.5 Å². The minimum atomic E-state index is -0.866. The van der Waals surface area contributed by atoms with Crippen LogP contribution >= 0.6 is 11.6 Å². The summed E-state index contributed by atoms with van der Waals surface area (Å²) in [7, 11) is 1.41. The Hall–Kier alpha value is -2.86. The van der Waals surface area contributed by atoms with E-state index >= 15 is 0 Å². The largest absolute Gasteiger partial charge is 0.481 e. The van der Waals surface area contributed by atoms with Gasteiger partial charge >= 0.3 is 6.03 Å². The summed E-state index contributed by atoms with van der Waals surface area (Å²) in [6.45, 7) is 1.52. The van der Waals surface area contributed by atoms with Crippen LogP contribution in [-0.4, -0.2) is 30.9 Å². The number of halogens is 1. The Balaban J connectivity index is 2.02. The van der Waals surface area contributed by atoms with Gasteiger partial charge in [0.2, 0.25) is 0 Å². The van der Waals surface area contributed by atoms with Crippen LogP contribution in [0.1, 0.15) is 22.8 Å². The SMILES string of the molecule is CNC(=O)NC(=O)C(C)Oc1ccc(C(=O)c2ccc(Cl)cc2)cc1. The van der Waals surface area contributed by atoms with Crippen LogP contribution in [-0.2, 0) is 4.79 Å². The maximum absolute atomic E-state index is 12.4. The number of ketones is 1. The maximum Gasteiger partial charge on any atom is 0.321 e. The summed E-state index contributed by atoms with van der Waals surface area (Å²) in [4.78, 5) is 35.2. The van der Waals surface area contributed by atoms with Crippen molar-refractivity contribution in [3.63, 3.8) is 0 Å². The van der Waals surface area contributed by atoms with Gasteiger partial charge in [0.1, 0.15) is 5.75 Å². The second-order valence-electron chi connectivity index (χ2n) is 5.19. The molecule has 1 unspecified atom stereocenters. The molecular formula is C18H17ClN2O4. The van der Waals surface area contributed by atoms with Crippen molar-refractivity contribution < 1.29 is 19.1 Å². The molecule has 0 bridgehead atoms. The van der Waals surface area contributed by atoms with Gasteiger partial charge in [0.25, 0.3) is 5.91 Å². The highest BCUT2D eigenvalue weighted by Gasteiger charge is 2.17. The fraction of sp³-hybridized carbons (Fsp3) is 0.167. The van der Waals surface area contributed by atoms with E-state index in [9.17, 15) is 14.4 Å². The number of imide groups is 1. The number of nitrogens with one attached hydrogen (secondary N) is 2. The number of hydrogen-bond acceptors (Lipinski definition) is 4. The third-order valence-electron chi connectivity index (χ3n) is 3.37. The molecule has 2 rings (SSSR count). The van der Waals surface area contributed by atoms with Crippen molar-refractivity contribution in [1.29, 1.82) is 0 Å². The smallest absolute Gasteiger partial charge is 0.321 e. The zero-order valence-electron chi connectivity index (χ0n) is 13.7. The quantitative estimate of drug-likeness (QED) is 0.803. The van der Waals surface area contributed by atoms with Crippen molar-refractivity contribution in [3.8, 4) is 5.75 Å². The fourth-order valence-electron chi connectivity index (χ4n) is 1.99. The molecule has 0 aliphatic rings. The second kappa shape index (κ2) is 8.30. The summed E-state index contributed by atoms with van der Waals surface area (Å²) < 4.78 is 5.46. The third kappa shape index (κ3) is 5.06. The van der Waals surface area contributed by atoms with E-state index in [0.29, 0.717) is 21.9 Å². The van der Waals surface area contributed by atoms with E-state index in [0.717, 1.165) is 0 Å². The molecule has 25 heavy (non-hydrogen) atoms. The monoisotopic (exact) mass is 360 g/mol. The number of carbonyl (C=O) groups is 3. The normalized spacial score (nSPS) is 11.3. The van der Waals surface area contributed by atoms with E-state index in [1.54, 1.807) is 48.5 Å². The van der Waals surface area contributed by atoms with E-state index < -0.39 is 18.0 Å². The van der Waals surface area contributed by atoms with Gasteiger partial charge in [0.05, 0.1) is 0 Å². The van der Waals surface area contributed by atoms with Crippen molar-refractivity contribution in [3.05, 3.63) is 64.7 Å². The highest BCUT2D eigenvalue weighted by Crippen LogP contribution is 2.18. The average Bonchev–Trinajstić information content (AvgIpc) is 2.62. The molecule has 0 radical (unpaired) electrons. The van der Waals surface area contributed by atoms with Crippen molar-refractivity contribution in [1.82, 2.24) is 10.6 Å². The van der Waals surface area contributed by atoms with Crippen molar-refractivity contribution in [2.45, 2.75) is 13.0 Å². The van der Waals surface area contributed by atoms with Crippen LogP contribution in [0.4, 0.5) is 4.79 Å². The molecule has 6 nitrogen and oxygen atoms in total. The molecule has 2 N–H and O–H groups in total. The second-order valence-corrected chi connectivity index (χ2v) is 5.63. The number of carbonyl (C=O) groups excluding carboxylic acids is 3. The average molecular weight is 361 g/mol. The zero-order valence-corrected chi connectivity index (χ0v) is 14.5. The molecule has 0 heterocycles. The standard InChI is InChI=1S/C18H17ClN2O4/c1-11(17(23)21-18(24)20-2)25-15-9-5-13(6-10-15)16(22)12-3-7-14(19)8-4-12/h3-11H,1-2H3,(H2,20,21,23,24). The molecule has 0 saturated heterocycles. The molecule has 0 aliphatic heterocycles. The molecule has 0 aromatic heterocycles. The summed E-state index contributed by atoms with van der Waals surface area (Å²) in [5.74, 6) is -0.304. The minimum absolute atomic E-state index is 0.145. The Kier molecular flexibility index (Phi) is 6.14. The molecule has 3 amide bonds. The topological polar surface area (TPSA) is 84.5 Å². The van der Waals surface area contributed by atoms with Gasteiger partial charge in [-0.15, -0.1) is 0 Å². The summed E-state index contributed by atoms with van der Waals surface area (Å²) in [6, 6.07) is 12.4. The maximum atomic E-state index is 12.4. The summed E-state index contributed by atoms with van der Waals surface area (Å²) in [5, 5.41) is 4.97. The van der Waals surface area contributed by atoms with Crippen LogP contribution in [0.5, 0.6) is 5.75 Å². The molecule has 0 aliphatic carbocycles. The molecule has 0 saturated carbocycles. The van der Waals surface area contributed by atoms with Gasteiger partial charge in [-0.1, -0.05) is 11.6 Å². The fourth-order valence-corrected chi connectivity index (χ4v) is 2.11. The van der Waals surface area contributed by atoms with Crippen LogP contribution in [0.3, 0.4) is 0 Å². The molecule has 0 fully saturated rings. The highest BCUT2D eigenvalue weighted by molar-refractivity contribution is 6.30. The molecule has 7 heteroatoms. The number of benzene rings is 2. The lowest BCUT2D eigenvalue weighted by Crippen LogP contribution is -2.43. The Labute approximate surface area is 150 Å². The summed E-state index contributed by atoms with van der Waals surface area (Å²) >= 11 is 5.81. The minimum Gasteiger partial charge on any atom is -0.481 e. The lowest BCUT2D eigenvalue weighted by Gasteiger charge is -2.14. The van der Waals surface area contributed by atoms with Crippen molar-refractivity contribution >= 4 is 29.3 Å². The number of rotatable bonds is 5. The number of amides is 3. The van der Waals surface area contributed by atoms with Gasteiger partial charge in [-0.25, -0.2) is 4.79 Å². The van der Waals surface area contributed by atoms with Gasteiger partial charge < -0.3 is 10.1 Å². The van der Waals surface area contributed by atoms with E-state index in [-0.39, 0.29) is 5.78 Å². The van der Waals surface area contributed by atoms with Gasteiger partial charge in [-0.3, -0.25) is 14.9 Å². The van der Waals surface area contributed by atoms with E-state index in [2.05, 4.69) is 10.6 Å². The van der Waals surface area contributed by atoms with Crippen molar-refractivity contribution in [2.24, 2.45) is 0 Å². The van der Waals surface area contributed by atoms with Gasteiger partial charge in [0, 0.05) is 23.2 Å². The molecular weight excluding hydrogens is 344 g/mol. The van der Waals surface area contributed by atoms with Crippen LogP contribution < -0.4 is 15.4 Å². The molecule has 130 valence electrons. The first kappa shape index (κ1) is 18.5. The van der Waals surface area contributed by atoms with Gasteiger partial charge in [-0.2, -0.15) is 0 Å². The Morgan fingerprint density at radius 3 is 2.00 bits per heavy atom. The number of ether oxygens (including phenoxy) is 1. The number of urea groups is 1. The first-order chi connectivity index (χ1) is 11.9. The Morgan fingerprint density at radius 1 is 0.960 bits per heavy atom. The number of hydrogen-bond donors (Lipinski definition) is 2. The van der Waals surface area contributed by atoms with Gasteiger partial charge in [-0.05, 0) is 55.5 Å². The Bertz CT molecular complexity index is 773. The Morgan fingerprint density at radius 2 is 1.48 bits per heavy atom. The first-order valence-electron chi connectivity index (χ1n) is 7.50. The molecule has 1 atom stereocenters. The first-order valence-corrected chi connectivity index (χ1v) is 7.88. The van der Waals surface area contributed by atoms with Crippen molar-refractivity contribution in [2.75, 3.05) is 7.05 Å². The predicted octanol–water partition coefficient (Wildman–Crippen LogP) is 2.79. The van der Waals surface area contributed by atoms with E-state index in [1.165, 1.54) is 14.0 Å². The predicted molar refractivity (Wildman–Crippen MR) is 94.0 cm³/mol. The summed E-state index contributed by atoms with van der Waals surface area (Å²) in [6.07, 6.45) is -0.866. The van der Waals surface area contributed by atoms with Gasteiger partial charge in [0.15, 0.2) is 11.9 Å². The summed E-state index contributed by atoms with van der Waals surface area (Å²) in [5.41, 5.74) is 1.01. The zero-order chi connectivity index (χ0) is 18.4. The molecule has 0 spiro atoms. The highest BCUT2D eigenvalue weighted by atomic mass is 35.5. The van der Waals surface area contributed by atoms with E-state index in [4.69, 9.17) is 16.3 Å². The van der Waals surface area contributed by atoms with Crippen LogP contribution in [0.25, 0.3) is 0 Å². The van der Waals surface area contributed by atoms with E-state index in [1.807, 2.05) is 0 Å². The lowest BCUT2D eigenvalue weighted by atomic mass is 10.0. The van der Waals surface area contributed by atoms with Crippen LogP contribution in [0.2, 0.25) is 5.02 Å². The molecule has 2 aromatic carbocycles. The lowest BCUT2D eigenvalue weighted by molar-refractivity contribution is -0.126. The van der Waals surface area contributed by atoms with Crippen LogP contribution in [0, 0.1) is 0 Å². The third-order valence-corrected chi connectivity index (χ3v) is 3.62.